The van der Waals surface area contributed by atoms with Crippen LogP contribution >= 0.6 is 0 Å². The maximum atomic E-state index is 12.3. The van der Waals surface area contributed by atoms with Crippen molar-refractivity contribution in [2.75, 3.05) is 18.8 Å². The van der Waals surface area contributed by atoms with E-state index in [0.29, 0.717) is 24.3 Å². The van der Waals surface area contributed by atoms with E-state index >= 15 is 0 Å². The first kappa shape index (κ1) is 12.5. The zero-order chi connectivity index (χ0) is 14.5. The molecule has 9 heteroatoms. The van der Waals surface area contributed by atoms with Crippen molar-refractivity contribution in [1.29, 1.82) is 0 Å². The molecule has 0 radical (unpaired) electrons. The number of nitrogens with two attached hydrogens (primary N) is 1. The summed E-state index contributed by atoms with van der Waals surface area (Å²) in [5, 5.41) is 11.3. The third kappa shape index (κ3) is 1.63. The fraction of sp³-hybridized carbons (Fsp3) is 0.455. The number of nitrogens with zero attached hydrogens (tertiary/aromatic N) is 2. The molecule has 3 rings (SSSR count). The Morgan fingerprint density at radius 1 is 1.45 bits per heavy atom. The lowest BCUT2D eigenvalue weighted by Crippen LogP contribution is -2.49. The fourth-order valence-corrected chi connectivity index (χ4v) is 2.55. The summed E-state index contributed by atoms with van der Waals surface area (Å²) in [7, 11) is 0. The van der Waals surface area contributed by atoms with Crippen LogP contribution in [0.4, 0.5) is 10.5 Å². The highest BCUT2D eigenvalue weighted by Crippen LogP contribution is 2.26. The first-order valence-corrected chi connectivity index (χ1v) is 6.16. The van der Waals surface area contributed by atoms with Gasteiger partial charge in [0.05, 0.1) is 17.9 Å². The van der Waals surface area contributed by atoms with Gasteiger partial charge in [-0.25, -0.2) is 4.79 Å². The van der Waals surface area contributed by atoms with Crippen molar-refractivity contribution in [1.82, 2.24) is 25.7 Å². The second-order valence-corrected chi connectivity index (χ2v) is 5.08. The van der Waals surface area contributed by atoms with E-state index in [2.05, 4.69) is 20.8 Å². The van der Waals surface area contributed by atoms with E-state index in [9.17, 15) is 14.4 Å². The zero-order valence-corrected chi connectivity index (χ0v) is 10.8. The molecule has 4 amide bonds. The van der Waals surface area contributed by atoms with Crippen LogP contribution in [0.1, 0.15) is 22.6 Å². The summed E-state index contributed by atoms with van der Waals surface area (Å²) >= 11 is 0. The van der Waals surface area contributed by atoms with Gasteiger partial charge in [-0.2, -0.15) is 5.10 Å². The third-order valence-electron chi connectivity index (χ3n) is 3.77. The highest BCUT2D eigenvalue weighted by atomic mass is 16.2. The minimum absolute atomic E-state index is 0.120. The number of H-pyrrole nitrogens is 1. The second-order valence-electron chi connectivity index (χ2n) is 5.08. The van der Waals surface area contributed by atoms with Crippen LogP contribution in [0.3, 0.4) is 0 Å². The Morgan fingerprint density at radius 2 is 2.20 bits per heavy atom. The SMILES string of the molecule is Cc1[nH]nc(C(=O)N2CCC3(C2)NC(=O)NC3=O)c1N. The Bertz CT molecular complexity index is 624. The minimum Gasteiger partial charge on any atom is -0.395 e. The summed E-state index contributed by atoms with van der Waals surface area (Å²) in [6.45, 7) is 2.20. The molecule has 1 spiro atoms. The van der Waals surface area contributed by atoms with E-state index in [4.69, 9.17) is 5.73 Å². The summed E-state index contributed by atoms with van der Waals surface area (Å²) in [6, 6.07) is -0.528. The number of likely N-dealkylation sites (tertiary alicyclic amines) is 1. The third-order valence-corrected chi connectivity index (χ3v) is 3.77. The lowest BCUT2D eigenvalue weighted by Gasteiger charge is -2.20. The first-order valence-electron chi connectivity index (χ1n) is 6.16. The molecule has 106 valence electrons. The Labute approximate surface area is 113 Å². The van der Waals surface area contributed by atoms with Crippen molar-refractivity contribution < 1.29 is 14.4 Å². The number of aromatic nitrogens is 2. The highest BCUT2D eigenvalue weighted by molar-refractivity contribution is 6.08. The monoisotopic (exact) mass is 278 g/mol. The first-order chi connectivity index (χ1) is 9.43. The average Bonchev–Trinajstić information content (AvgIpc) is 3.03. The molecule has 1 unspecified atom stereocenters. The second kappa shape index (κ2) is 3.95. The number of urea groups is 1. The smallest absolute Gasteiger partial charge is 0.322 e. The number of aryl methyl sites for hydroxylation is 1. The number of imide groups is 1. The summed E-state index contributed by atoms with van der Waals surface area (Å²) in [5.41, 5.74) is 5.82. The van der Waals surface area contributed by atoms with Gasteiger partial charge in [0.1, 0.15) is 5.54 Å². The van der Waals surface area contributed by atoms with E-state index in [1.165, 1.54) is 4.90 Å². The molecule has 0 saturated carbocycles. The topological polar surface area (TPSA) is 133 Å². The van der Waals surface area contributed by atoms with Gasteiger partial charge < -0.3 is 16.0 Å². The number of amides is 4. The van der Waals surface area contributed by atoms with Crippen molar-refractivity contribution in [2.45, 2.75) is 18.9 Å². The van der Waals surface area contributed by atoms with E-state index in [1.54, 1.807) is 6.92 Å². The van der Waals surface area contributed by atoms with E-state index in [-0.39, 0.29) is 18.1 Å². The van der Waals surface area contributed by atoms with Gasteiger partial charge in [0.15, 0.2) is 5.69 Å². The molecular weight excluding hydrogens is 264 g/mol. The van der Waals surface area contributed by atoms with Crippen molar-refractivity contribution in [3.05, 3.63) is 11.4 Å². The van der Waals surface area contributed by atoms with E-state index in [1.807, 2.05) is 0 Å². The quantitative estimate of drug-likeness (QED) is 0.475. The van der Waals surface area contributed by atoms with Crippen molar-refractivity contribution in [3.8, 4) is 0 Å². The number of nitrogens with one attached hydrogen (secondary N) is 3. The van der Waals surface area contributed by atoms with Crippen LogP contribution in [-0.2, 0) is 4.79 Å². The lowest BCUT2D eigenvalue weighted by atomic mass is 9.99. The van der Waals surface area contributed by atoms with Gasteiger partial charge >= 0.3 is 6.03 Å². The van der Waals surface area contributed by atoms with Crippen molar-refractivity contribution in [3.63, 3.8) is 0 Å². The standard InChI is InChI=1S/C11H14N6O3/c1-5-6(12)7(16-15-5)8(18)17-3-2-11(4-17)9(19)13-10(20)14-11/h2-4,12H2,1H3,(H,15,16)(H2,13,14,19,20). The van der Waals surface area contributed by atoms with Crippen molar-refractivity contribution >= 4 is 23.5 Å². The largest absolute Gasteiger partial charge is 0.395 e. The molecule has 2 fully saturated rings. The van der Waals surface area contributed by atoms with E-state index in [0.717, 1.165) is 0 Å². The molecule has 2 saturated heterocycles. The molecule has 0 aliphatic carbocycles. The average molecular weight is 278 g/mol. The van der Waals surface area contributed by atoms with Crippen LogP contribution in [0.15, 0.2) is 0 Å². The van der Waals surface area contributed by atoms with Gasteiger partial charge in [0.2, 0.25) is 0 Å². The molecule has 1 aromatic rings. The molecule has 2 aliphatic heterocycles. The Balaban J connectivity index is 1.81. The molecule has 0 aromatic carbocycles. The molecular formula is C11H14N6O3. The van der Waals surface area contributed by atoms with Crippen LogP contribution in [0.5, 0.6) is 0 Å². The van der Waals surface area contributed by atoms with Gasteiger partial charge in [0.25, 0.3) is 11.8 Å². The number of carbonyl (C=O) groups excluding carboxylic acids is 3. The van der Waals surface area contributed by atoms with Gasteiger partial charge in [-0.05, 0) is 13.3 Å². The van der Waals surface area contributed by atoms with Crippen LogP contribution in [0.2, 0.25) is 0 Å². The predicted octanol–water partition coefficient (Wildman–Crippen LogP) is -1.28. The highest BCUT2D eigenvalue weighted by Gasteiger charge is 2.52. The number of aromatic amines is 1. The summed E-state index contributed by atoms with van der Waals surface area (Å²) in [4.78, 5) is 36.8. The Kier molecular flexibility index (Phi) is 2.46. The van der Waals surface area contributed by atoms with Crippen LogP contribution < -0.4 is 16.4 Å². The van der Waals surface area contributed by atoms with Crippen LogP contribution in [0, 0.1) is 6.92 Å². The predicted molar refractivity (Wildman–Crippen MR) is 67.7 cm³/mol. The van der Waals surface area contributed by atoms with Crippen LogP contribution in [-0.4, -0.2) is 51.6 Å². The van der Waals surface area contributed by atoms with E-state index < -0.39 is 17.5 Å². The van der Waals surface area contributed by atoms with Gasteiger partial charge in [-0.1, -0.05) is 0 Å². The maximum Gasteiger partial charge on any atom is 0.322 e. The molecule has 5 N–H and O–H groups in total. The molecule has 0 bridgehead atoms. The van der Waals surface area contributed by atoms with Gasteiger partial charge in [0, 0.05) is 6.54 Å². The van der Waals surface area contributed by atoms with Crippen LogP contribution in [0.25, 0.3) is 0 Å². The fourth-order valence-electron chi connectivity index (χ4n) is 2.55. The number of hydrogen-bond acceptors (Lipinski definition) is 5. The molecule has 1 atom stereocenters. The zero-order valence-electron chi connectivity index (χ0n) is 10.8. The lowest BCUT2D eigenvalue weighted by molar-refractivity contribution is -0.123. The number of anilines is 1. The number of carbonyl (C=O) groups is 3. The minimum atomic E-state index is -1.02. The van der Waals surface area contributed by atoms with Gasteiger partial charge in [-0.15, -0.1) is 0 Å². The molecule has 1 aromatic heterocycles. The maximum absolute atomic E-state index is 12.3. The summed E-state index contributed by atoms with van der Waals surface area (Å²) < 4.78 is 0. The number of nitrogen functional groups attached to an aromatic ring is 1. The Morgan fingerprint density at radius 3 is 2.75 bits per heavy atom. The number of rotatable bonds is 1. The molecule has 20 heavy (non-hydrogen) atoms. The normalized spacial score (nSPS) is 25.1. The molecule has 2 aliphatic rings. The molecule has 3 heterocycles. The van der Waals surface area contributed by atoms with Crippen molar-refractivity contribution in [2.24, 2.45) is 0 Å². The molecule has 9 nitrogen and oxygen atoms in total. The Hall–Kier alpha value is -2.58. The number of hydrogen-bond donors (Lipinski definition) is 4. The summed E-state index contributed by atoms with van der Waals surface area (Å²) in [5.74, 6) is -0.748. The summed E-state index contributed by atoms with van der Waals surface area (Å²) in [6.07, 6.45) is 0.375. The van der Waals surface area contributed by atoms with Gasteiger partial charge in [-0.3, -0.25) is 20.0 Å².